The predicted octanol–water partition coefficient (Wildman–Crippen LogP) is 3.06. The summed E-state index contributed by atoms with van der Waals surface area (Å²) >= 11 is 6.01. The van der Waals surface area contributed by atoms with Gasteiger partial charge in [0.25, 0.3) is 11.8 Å². The summed E-state index contributed by atoms with van der Waals surface area (Å²) in [7, 11) is 3.78. The fourth-order valence-corrected chi connectivity index (χ4v) is 5.69. The van der Waals surface area contributed by atoms with Crippen LogP contribution < -0.4 is 5.32 Å². The van der Waals surface area contributed by atoms with Crippen LogP contribution in [-0.4, -0.2) is 65.0 Å². The van der Waals surface area contributed by atoms with Gasteiger partial charge in [-0.2, -0.15) is 0 Å². The number of likely N-dealkylation sites (N-methyl/N-ethyl adjacent to an activating group) is 1. The van der Waals surface area contributed by atoms with Crippen LogP contribution in [0.4, 0.5) is 4.39 Å². The number of hydrogen-bond donors (Lipinski definition) is 1. The second-order valence-electron chi connectivity index (χ2n) is 9.80. The first-order valence-electron chi connectivity index (χ1n) is 11.8. The summed E-state index contributed by atoms with van der Waals surface area (Å²) in [6.07, 6.45) is 0.420. The van der Waals surface area contributed by atoms with Crippen LogP contribution in [0.2, 0.25) is 5.02 Å². The lowest BCUT2D eigenvalue weighted by Gasteiger charge is -2.33. The van der Waals surface area contributed by atoms with Gasteiger partial charge in [0.1, 0.15) is 11.9 Å². The molecule has 3 aliphatic heterocycles. The van der Waals surface area contributed by atoms with E-state index in [0.29, 0.717) is 28.8 Å². The highest BCUT2D eigenvalue weighted by molar-refractivity contribution is 6.30. The lowest BCUT2D eigenvalue weighted by molar-refractivity contribution is -0.137. The molecule has 8 nitrogen and oxygen atoms in total. The van der Waals surface area contributed by atoms with Gasteiger partial charge in [-0.15, -0.1) is 0 Å². The average molecular weight is 513 g/mol. The number of nitrogens with zero attached hydrogens (tertiary/aromatic N) is 3. The van der Waals surface area contributed by atoms with Crippen molar-refractivity contribution in [2.24, 2.45) is 0 Å². The molecule has 10 heteroatoms. The van der Waals surface area contributed by atoms with Gasteiger partial charge < -0.3 is 14.7 Å². The Hall–Kier alpha value is -3.30. The molecule has 0 bridgehead atoms. The molecule has 0 radical (unpaired) electrons. The summed E-state index contributed by atoms with van der Waals surface area (Å²) < 4.78 is 14.8. The summed E-state index contributed by atoms with van der Waals surface area (Å²) in [5, 5.41) is 2.32. The molecule has 0 spiro atoms. The summed E-state index contributed by atoms with van der Waals surface area (Å²) in [4.78, 5) is 55.9. The fraction of sp³-hybridized carbons (Fsp3) is 0.385. The summed E-state index contributed by atoms with van der Waals surface area (Å²) in [6, 6.07) is 6.61. The minimum atomic E-state index is -0.748. The van der Waals surface area contributed by atoms with Gasteiger partial charge >= 0.3 is 0 Å². The maximum absolute atomic E-state index is 14.8. The van der Waals surface area contributed by atoms with E-state index in [4.69, 9.17) is 11.6 Å². The largest absolute Gasteiger partial charge is 0.326 e. The van der Waals surface area contributed by atoms with Gasteiger partial charge in [-0.25, -0.2) is 4.39 Å². The summed E-state index contributed by atoms with van der Waals surface area (Å²) in [5.74, 6) is -1.94. The van der Waals surface area contributed by atoms with Gasteiger partial charge in [0.2, 0.25) is 11.8 Å². The normalized spacial score (nSPS) is 23.3. The molecule has 1 N–H and O–H groups in total. The molecule has 5 rings (SSSR count). The Morgan fingerprint density at radius 2 is 1.92 bits per heavy atom. The highest BCUT2D eigenvalue weighted by Gasteiger charge is 2.44. The van der Waals surface area contributed by atoms with E-state index in [2.05, 4.69) is 5.32 Å². The number of rotatable bonds is 4. The summed E-state index contributed by atoms with van der Waals surface area (Å²) in [6.45, 7) is 2.40. The van der Waals surface area contributed by atoms with Crippen molar-refractivity contribution in [3.05, 3.63) is 69.0 Å². The molecule has 3 aliphatic rings. The molecule has 36 heavy (non-hydrogen) atoms. The second-order valence-corrected chi connectivity index (χ2v) is 10.2. The number of carbonyl (C=O) groups is 4. The van der Waals surface area contributed by atoms with Crippen LogP contribution in [0.5, 0.6) is 0 Å². The van der Waals surface area contributed by atoms with Crippen molar-refractivity contribution in [2.45, 2.75) is 44.4 Å². The zero-order valence-corrected chi connectivity index (χ0v) is 20.9. The molecule has 3 heterocycles. The number of amides is 4. The smallest absolute Gasteiger partial charge is 0.255 e. The first kappa shape index (κ1) is 24.4. The number of hydrogen-bond acceptors (Lipinski definition) is 5. The topological polar surface area (TPSA) is 90.0 Å². The molecule has 2 aromatic carbocycles. The Morgan fingerprint density at radius 1 is 1.17 bits per heavy atom. The van der Waals surface area contributed by atoms with E-state index in [-0.39, 0.29) is 48.2 Å². The van der Waals surface area contributed by atoms with Crippen molar-refractivity contribution in [1.82, 2.24) is 20.0 Å². The van der Waals surface area contributed by atoms with Crippen LogP contribution in [-0.2, 0) is 16.1 Å². The molecule has 1 saturated heterocycles. The zero-order chi connectivity index (χ0) is 25.9. The Kier molecular flexibility index (Phi) is 6.08. The van der Waals surface area contributed by atoms with Crippen molar-refractivity contribution in [2.75, 3.05) is 20.6 Å². The minimum absolute atomic E-state index is 0.0186. The van der Waals surface area contributed by atoms with E-state index in [0.717, 1.165) is 5.56 Å². The van der Waals surface area contributed by atoms with Gasteiger partial charge in [-0.1, -0.05) is 17.7 Å². The molecule has 3 unspecified atom stereocenters. The first-order valence-corrected chi connectivity index (χ1v) is 12.2. The quantitative estimate of drug-likeness (QED) is 0.636. The van der Waals surface area contributed by atoms with Gasteiger partial charge in [-0.3, -0.25) is 24.5 Å². The molecule has 2 aromatic rings. The van der Waals surface area contributed by atoms with E-state index >= 15 is 0 Å². The van der Waals surface area contributed by atoms with Gasteiger partial charge in [0, 0.05) is 36.2 Å². The minimum Gasteiger partial charge on any atom is -0.326 e. The maximum Gasteiger partial charge on any atom is 0.255 e. The number of fused-ring (bicyclic) bond motifs is 2. The van der Waals surface area contributed by atoms with E-state index in [1.807, 2.05) is 19.0 Å². The van der Waals surface area contributed by atoms with Crippen LogP contribution in [0.1, 0.15) is 69.3 Å². The van der Waals surface area contributed by atoms with E-state index in [1.54, 1.807) is 36.1 Å². The van der Waals surface area contributed by atoms with E-state index in [9.17, 15) is 23.6 Å². The second kappa shape index (κ2) is 8.97. The van der Waals surface area contributed by atoms with Crippen molar-refractivity contribution >= 4 is 35.2 Å². The van der Waals surface area contributed by atoms with Crippen molar-refractivity contribution in [3.8, 4) is 0 Å². The van der Waals surface area contributed by atoms with Crippen LogP contribution >= 0.6 is 11.6 Å². The number of halogens is 2. The van der Waals surface area contributed by atoms with Crippen LogP contribution in [0.3, 0.4) is 0 Å². The molecule has 3 atom stereocenters. The standard InChI is InChI=1S/C26H26ClFN4O4/c1-13-17-10-14(4-5-16(17)26(36)32(13)20-8-9-22(33)29-24(20)34)25(35)31-11-18-15(21(31)12-30(2)3)6-7-19(27)23(18)28/h4-7,10,13,20-21H,8-9,11-12H2,1-3H3,(H,29,33,34). The third-order valence-corrected chi connectivity index (χ3v) is 7.56. The van der Waals surface area contributed by atoms with E-state index < -0.39 is 23.8 Å². The van der Waals surface area contributed by atoms with Crippen molar-refractivity contribution in [3.63, 3.8) is 0 Å². The van der Waals surface area contributed by atoms with Gasteiger partial charge in [0.05, 0.1) is 17.1 Å². The number of benzene rings is 2. The Morgan fingerprint density at radius 3 is 2.61 bits per heavy atom. The maximum atomic E-state index is 14.8. The van der Waals surface area contributed by atoms with Gasteiger partial charge in [0.15, 0.2) is 0 Å². The first-order chi connectivity index (χ1) is 17.1. The molecule has 4 amide bonds. The molecular weight excluding hydrogens is 487 g/mol. The van der Waals surface area contributed by atoms with Crippen LogP contribution in [0.15, 0.2) is 30.3 Å². The SMILES string of the molecule is CC1c2cc(C(=O)N3Cc4c(ccc(Cl)c4F)C3CN(C)C)ccc2C(=O)N1C1CCC(=O)NC1=O. The zero-order valence-electron chi connectivity index (χ0n) is 20.2. The Balaban J connectivity index is 1.45. The highest BCUT2D eigenvalue weighted by Crippen LogP contribution is 2.40. The number of piperidine rings is 1. The van der Waals surface area contributed by atoms with E-state index in [1.165, 1.54) is 11.0 Å². The van der Waals surface area contributed by atoms with Crippen molar-refractivity contribution in [1.29, 1.82) is 0 Å². The molecule has 0 saturated carbocycles. The molecule has 188 valence electrons. The summed E-state index contributed by atoms with van der Waals surface area (Å²) in [5.41, 5.74) is 2.59. The molecule has 1 fully saturated rings. The van der Waals surface area contributed by atoms with Crippen LogP contribution in [0.25, 0.3) is 0 Å². The molecular formula is C26H26ClFN4O4. The fourth-order valence-electron chi connectivity index (χ4n) is 5.51. The number of carbonyl (C=O) groups excluding carboxylic acids is 4. The highest BCUT2D eigenvalue weighted by atomic mass is 35.5. The molecule has 0 aromatic heterocycles. The Labute approximate surface area is 213 Å². The Bertz CT molecular complexity index is 1310. The average Bonchev–Trinajstić information content (AvgIpc) is 3.31. The predicted molar refractivity (Wildman–Crippen MR) is 130 cm³/mol. The molecule has 0 aliphatic carbocycles. The lowest BCUT2D eigenvalue weighted by Crippen LogP contribution is -2.53. The van der Waals surface area contributed by atoms with Crippen LogP contribution in [0, 0.1) is 5.82 Å². The third kappa shape index (κ3) is 3.87. The van der Waals surface area contributed by atoms with Gasteiger partial charge in [-0.05, 0) is 62.8 Å². The number of imide groups is 1. The van der Waals surface area contributed by atoms with Crippen molar-refractivity contribution < 1.29 is 23.6 Å². The lowest BCUT2D eigenvalue weighted by atomic mass is 10.00. The third-order valence-electron chi connectivity index (χ3n) is 7.27. The number of nitrogens with one attached hydrogen (secondary N) is 1. The monoisotopic (exact) mass is 512 g/mol.